The van der Waals surface area contributed by atoms with Gasteiger partial charge in [0.15, 0.2) is 4.67 Å². The van der Waals surface area contributed by atoms with Crippen molar-refractivity contribution in [1.29, 1.82) is 0 Å². The fraction of sp³-hybridized carbons (Fsp3) is 0. The lowest BCUT2D eigenvalue weighted by Crippen LogP contribution is -2.11. The van der Waals surface area contributed by atoms with Gasteiger partial charge in [0, 0.05) is 0 Å². The van der Waals surface area contributed by atoms with Gasteiger partial charge in [-0.2, -0.15) is 0 Å². The number of furan rings is 1. The molecule has 6 heteroatoms. The Kier molecular flexibility index (Phi) is 3.76. The van der Waals surface area contributed by atoms with Crippen LogP contribution in [0.1, 0.15) is 10.4 Å². The van der Waals surface area contributed by atoms with E-state index in [4.69, 9.17) is 27.6 Å². The van der Waals surface area contributed by atoms with E-state index >= 15 is 0 Å². The van der Waals surface area contributed by atoms with E-state index in [1.807, 2.05) is 0 Å². The molecule has 0 aliphatic rings. The van der Waals surface area contributed by atoms with Crippen molar-refractivity contribution in [1.82, 2.24) is 0 Å². The molecule has 0 bridgehead atoms. The molecule has 2 aromatic rings. The van der Waals surface area contributed by atoms with Gasteiger partial charge in [0.05, 0.1) is 27.6 Å². The molecule has 17 heavy (non-hydrogen) atoms. The Bertz CT molecular complexity index is 568. The summed E-state index contributed by atoms with van der Waals surface area (Å²) >= 11 is 14.9. The van der Waals surface area contributed by atoms with Crippen molar-refractivity contribution in [3.8, 4) is 0 Å². The fourth-order valence-corrected chi connectivity index (χ4v) is 2.01. The summed E-state index contributed by atoms with van der Waals surface area (Å²) in [7, 11) is 0. The summed E-state index contributed by atoms with van der Waals surface area (Å²) in [5.41, 5.74) is 0.846. The third-order valence-corrected chi connectivity index (χ3v) is 3.50. The molecule has 0 atom stereocenters. The number of hydrogen-bond donors (Lipinski definition) is 1. The maximum absolute atomic E-state index is 11.9. The summed E-state index contributed by atoms with van der Waals surface area (Å²) in [6.07, 6.45) is 1.42. The number of carbonyl (C=O) groups is 1. The van der Waals surface area contributed by atoms with Crippen LogP contribution < -0.4 is 5.32 Å². The maximum atomic E-state index is 11.9. The molecule has 88 valence electrons. The molecule has 0 unspecified atom stereocenters. The number of hydrogen-bond acceptors (Lipinski definition) is 2. The highest BCUT2D eigenvalue weighted by atomic mass is 79.9. The Hall–Kier alpha value is -0.970. The molecule has 3 nitrogen and oxygen atoms in total. The fourth-order valence-electron chi connectivity index (χ4n) is 1.25. The van der Waals surface area contributed by atoms with Crippen molar-refractivity contribution in [2.45, 2.75) is 0 Å². The smallest absolute Gasteiger partial charge is 0.260 e. The first-order chi connectivity index (χ1) is 8.09. The molecule has 1 heterocycles. The molecule has 1 aromatic heterocycles. The van der Waals surface area contributed by atoms with Gasteiger partial charge in [-0.25, -0.2) is 0 Å². The van der Waals surface area contributed by atoms with Crippen LogP contribution in [0.25, 0.3) is 0 Å². The zero-order valence-electron chi connectivity index (χ0n) is 8.34. The Morgan fingerprint density at radius 1 is 1.29 bits per heavy atom. The first kappa shape index (κ1) is 12.5. The maximum Gasteiger partial charge on any atom is 0.260 e. The zero-order chi connectivity index (χ0) is 12.4. The van der Waals surface area contributed by atoms with Crippen LogP contribution in [0.15, 0.2) is 39.6 Å². The lowest BCUT2D eigenvalue weighted by Gasteiger charge is -2.07. The summed E-state index contributed by atoms with van der Waals surface area (Å²) < 4.78 is 5.34. The molecular formula is C11H6BrCl2NO2. The number of amides is 1. The second-order valence-corrected chi connectivity index (χ2v) is 4.67. The second kappa shape index (κ2) is 5.12. The standard InChI is InChI=1S/C11H6BrCl2NO2/c12-10-6(4-5-17-10)11(16)15-8-3-1-2-7(13)9(8)14/h1-5H,(H,15,16). The molecule has 0 aliphatic heterocycles. The third-order valence-electron chi connectivity index (χ3n) is 2.06. The van der Waals surface area contributed by atoms with Crippen LogP contribution in [-0.2, 0) is 0 Å². The first-order valence-electron chi connectivity index (χ1n) is 4.58. The highest BCUT2D eigenvalue weighted by molar-refractivity contribution is 9.10. The van der Waals surface area contributed by atoms with E-state index in [2.05, 4.69) is 21.2 Å². The van der Waals surface area contributed by atoms with Gasteiger partial charge < -0.3 is 9.73 Å². The van der Waals surface area contributed by atoms with Crippen molar-refractivity contribution in [2.24, 2.45) is 0 Å². The number of benzene rings is 1. The van der Waals surface area contributed by atoms with E-state index in [0.717, 1.165) is 0 Å². The molecule has 1 aromatic carbocycles. The lowest BCUT2D eigenvalue weighted by molar-refractivity contribution is 0.102. The quantitative estimate of drug-likeness (QED) is 0.872. The molecule has 0 aliphatic carbocycles. The Morgan fingerprint density at radius 3 is 2.71 bits per heavy atom. The summed E-state index contributed by atoms with van der Waals surface area (Å²) in [5.74, 6) is -0.324. The minimum atomic E-state index is -0.324. The first-order valence-corrected chi connectivity index (χ1v) is 6.13. The van der Waals surface area contributed by atoms with Gasteiger partial charge >= 0.3 is 0 Å². The summed E-state index contributed by atoms with van der Waals surface area (Å²) in [4.78, 5) is 11.9. The van der Waals surface area contributed by atoms with Crippen LogP contribution >= 0.6 is 39.1 Å². The third kappa shape index (κ3) is 2.65. The Balaban J connectivity index is 2.25. The molecule has 1 N–H and O–H groups in total. The van der Waals surface area contributed by atoms with Crippen molar-refractivity contribution in [2.75, 3.05) is 5.32 Å². The predicted molar refractivity (Wildman–Crippen MR) is 70.8 cm³/mol. The zero-order valence-corrected chi connectivity index (χ0v) is 11.4. The molecule has 0 radical (unpaired) electrons. The Morgan fingerprint density at radius 2 is 2.06 bits per heavy atom. The van der Waals surface area contributed by atoms with E-state index in [1.54, 1.807) is 24.3 Å². The molecule has 0 saturated carbocycles. The van der Waals surface area contributed by atoms with E-state index in [0.29, 0.717) is 26.0 Å². The van der Waals surface area contributed by atoms with Gasteiger partial charge in [-0.05, 0) is 34.1 Å². The van der Waals surface area contributed by atoms with E-state index in [9.17, 15) is 4.79 Å². The van der Waals surface area contributed by atoms with Gasteiger partial charge in [0.2, 0.25) is 0 Å². The van der Waals surface area contributed by atoms with Gasteiger partial charge in [-0.1, -0.05) is 29.3 Å². The van der Waals surface area contributed by atoms with Crippen LogP contribution in [-0.4, -0.2) is 5.91 Å². The number of rotatable bonds is 2. The van der Waals surface area contributed by atoms with Crippen molar-refractivity contribution in [3.05, 3.63) is 50.8 Å². The average Bonchev–Trinajstić information content (AvgIpc) is 2.71. The number of anilines is 1. The number of nitrogens with one attached hydrogen (secondary N) is 1. The number of carbonyl (C=O) groups excluding carboxylic acids is 1. The summed E-state index contributed by atoms with van der Waals surface area (Å²) in [5, 5.41) is 3.34. The topological polar surface area (TPSA) is 42.2 Å². The van der Waals surface area contributed by atoms with Gasteiger partial charge in [0.25, 0.3) is 5.91 Å². The van der Waals surface area contributed by atoms with Crippen LogP contribution in [0.4, 0.5) is 5.69 Å². The van der Waals surface area contributed by atoms with Crippen LogP contribution in [0.3, 0.4) is 0 Å². The second-order valence-electron chi connectivity index (χ2n) is 3.16. The molecular weight excluding hydrogens is 329 g/mol. The highest BCUT2D eigenvalue weighted by Gasteiger charge is 2.14. The lowest BCUT2D eigenvalue weighted by atomic mass is 10.3. The minimum Gasteiger partial charge on any atom is -0.457 e. The average molecular weight is 335 g/mol. The molecule has 0 spiro atoms. The molecule has 1 amide bonds. The van der Waals surface area contributed by atoms with Gasteiger partial charge in [-0.3, -0.25) is 4.79 Å². The SMILES string of the molecule is O=C(Nc1cccc(Cl)c1Cl)c1ccoc1Br. The minimum absolute atomic E-state index is 0.308. The van der Waals surface area contributed by atoms with E-state index < -0.39 is 0 Å². The van der Waals surface area contributed by atoms with Crippen molar-refractivity contribution in [3.63, 3.8) is 0 Å². The van der Waals surface area contributed by atoms with Crippen molar-refractivity contribution >= 4 is 50.7 Å². The monoisotopic (exact) mass is 333 g/mol. The molecule has 0 fully saturated rings. The summed E-state index contributed by atoms with van der Waals surface area (Å²) in [6, 6.07) is 6.57. The van der Waals surface area contributed by atoms with Crippen LogP contribution in [0.5, 0.6) is 0 Å². The van der Waals surface area contributed by atoms with E-state index in [1.165, 1.54) is 6.26 Å². The van der Waals surface area contributed by atoms with Gasteiger partial charge in [-0.15, -0.1) is 0 Å². The summed E-state index contributed by atoms with van der Waals surface area (Å²) in [6.45, 7) is 0. The van der Waals surface area contributed by atoms with E-state index in [-0.39, 0.29) is 5.91 Å². The normalized spacial score (nSPS) is 10.3. The predicted octanol–water partition coefficient (Wildman–Crippen LogP) is 4.60. The van der Waals surface area contributed by atoms with Gasteiger partial charge in [0.1, 0.15) is 0 Å². The highest BCUT2D eigenvalue weighted by Crippen LogP contribution is 2.30. The largest absolute Gasteiger partial charge is 0.457 e. The Labute approximate surface area is 116 Å². The molecule has 2 rings (SSSR count). The van der Waals surface area contributed by atoms with Crippen molar-refractivity contribution < 1.29 is 9.21 Å². The molecule has 0 saturated heterocycles. The van der Waals surface area contributed by atoms with Crippen LogP contribution in [0.2, 0.25) is 10.0 Å². The number of halogens is 3. The van der Waals surface area contributed by atoms with Crippen LogP contribution in [0, 0.1) is 0 Å².